The monoisotopic (exact) mass is 386 g/mol. The molecule has 0 bridgehead atoms. The lowest BCUT2D eigenvalue weighted by atomic mass is 10.1. The van der Waals surface area contributed by atoms with Crippen LogP contribution in [0.25, 0.3) is 33.4 Å². The zero-order valence-corrected chi connectivity index (χ0v) is 15.0. The molecule has 0 saturated carbocycles. The summed E-state index contributed by atoms with van der Waals surface area (Å²) in [5.41, 5.74) is 2.15. The van der Waals surface area contributed by atoms with Crippen molar-refractivity contribution in [3.05, 3.63) is 78.1 Å². The second-order valence-corrected chi connectivity index (χ2v) is 6.48. The van der Waals surface area contributed by atoms with Gasteiger partial charge in [0.25, 0.3) is 5.78 Å². The molecular weight excluding hydrogens is 372 g/mol. The molecular formula is C22H14N2O5. The summed E-state index contributed by atoms with van der Waals surface area (Å²) in [5.74, 6) is -0.743. The molecule has 0 aliphatic heterocycles. The van der Waals surface area contributed by atoms with E-state index in [0.717, 1.165) is 16.5 Å². The number of Topliss-reactive ketones (excluding diaryl/α,β-unsaturated/α-hetero) is 1. The molecule has 1 N–H and O–H groups in total. The van der Waals surface area contributed by atoms with Crippen molar-refractivity contribution in [3.63, 3.8) is 0 Å². The lowest BCUT2D eigenvalue weighted by Gasteiger charge is -2.00. The Bertz CT molecular complexity index is 1320. The molecule has 0 unspecified atom stereocenters. The molecule has 0 fully saturated rings. The van der Waals surface area contributed by atoms with Crippen molar-refractivity contribution in [2.45, 2.75) is 6.61 Å². The number of hydrogen-bond donors (Lipinski definition) is 1. The summed E-state index contributed by atoms with van der Waals surface area (Å²) in [6, 6.07) is 18.3. The van der Waals surface area contributed by atoms with Gasteiger partial charge in [-0.3, -0.25) is 4.79 Å². The summed E-state index contributed by atoms with van der Waals surface area (Å²) in [6.07, 6.45) is 1.50. The number of fused-ring (bicyclic) bond motifs is 2. The highest BCUT2D eigenvalue weighted by atomic mass is 16.5. The number of aromatic nitrogens is 2. The van der Waals surface area contributed by atoms with E-state index in [4.69, 9.17) is 13.7 Å². The van der Waals surface area contributed by atoms with Gasteiger partial charge in [-0.05, 0) is 18.2 Å². The number of rotatable bonds is 5. The van der Waals surface area contributed by atoms with E-state index in [1.807, 2.05) is 42.5 Å². The molecule has 3 heterocycles. The molecule has 0 amide bonds. The zero-order chi connectivity index (χ0) is 19.8. The summed E-state index contributed by atoms with van der Waals surface area (Å²) in [7, 11) is 0. The molecule has 7 heteroatoms. The van der Waals surface area contributed by atoms with Crippen LogP contribution in [0.5, 0.6) is 0 Å². The first-order chi connectivity index (χ1) is 14.2. The first-order valence-electron chi connectivity index (χ1n) is 8.91. The maximum absolute atomic E-state index is 12.4. The molecule has 2 aromatic carbocycles. The van der Waals surface area contributed by atoms with E-state index in [2.05, 4.69) is 10.1 Å². The lowest BCUT2D eigenvalue weighted by Crippen LogP contribution is -2.17. The van der Waals surface area contributed by atoms with Gasteiger partial charge in [-0.25, -0.2) is 4.79 Å². The fourth-order valence-electron chi connectivity index (χ4n) is 3.17. The molecule has 7 nitrogen and oxygen atoms in total. The third-order valence-electron chi connectivity index (χ3n) is 4.60. The van der Waals surface area contributed by atoms with Crippen LogP contribution in [-0.4, -0.2) is 21.9 Å². The summed E-state index contributed by atoms with van der Waals surface area (Å²) in [5, 5.41) is 5.49. The Morgan fingerprint density at radius 2 is 1.83 bits per heavy atom. The van der Waals surface area contributed by atoms with E-state index in [9.17, 15) is 9.59 Å². The molecule has 0 aliphatic rings. The van der Waals surface area contributed by atoms with Crippen molar-refractivity contribution in [3.8, 4) is 11.5 Å². The highest BCUT2D eigenvalue weighted by molar-refractivity contribution is 6.42. The molecule has 0 radical (unpaired) electrons. The van der Waals surface area contributed by atoms with Crippen molar-refractivity contribution in [2.75, 3.05) is 0 Å². The number of aromatic amines is 1. The molecule has 0 saturated heterocycles. The van der Waals surface area contributed by atoms with Crippen LogP contribution in [0, 0.1) is 0 Å². The normalized spacial score (nSPS) is 11.2. The van der Waals surface area contributed by atoms with Gasteiger partial charge in [-0.15, -0.1) is 0 Å². The van der Waals surface area contributed by atoms with Gasteiger partial charge >= 0.3 is 5.97 Å². The Kier molecular flexibility index (Phi) is 3.98. The van der Waals surface area contributed by atoms with Gasteiger partial charge < -0.3 is 18.7 Å². The molecule has 0 atom stereocenters. The number of hydrogen-bond acceptors (Lipinski definition) is 6. The van der Waals surface area contributed by atoms with E-state index < -0.39 is 11.8 Å². The van der Waals surface area contributed by atoms with Crippen LogP contribution in [0.4, 0.5) is 0 Å². The number of furan rings is 1. The molecule has 142 valence electrons. The standard InChI is InChI=1S/C22H14N2O5/c25-21(16-11-23-17-7-3-2-6-15(16)17)22(26)27-12-14-10-20(29-24-14)19-9-13-5-1-4-8-18(13)28-19/h1-11,23H,12H2. The van der Waals surface area contributed by atoms with Crippen LogP contribution >= 0.6 is 0 Å². The fourth-order valence-corrected chi connectivity index (χ4v) is 3.17. The van der Waals surface area contributed by atoms with Crippen molar-refractivity contribution < 1.29 is 23.3 Å². The maximum atomic E-state index is 12.4. The van der Waals surface area contributed by atoms with Crippen LogP contribution in [0.15, 0.2) is 75.8 Å². The minimum atomic E-state index is -0.956. The molecule has 0 aliphatic carbocycles. The predicted molar refractivity (Wildman–Crippen MR) is 104 cm³/mol. The van der Waals surface area contributed by atoms with Gasteiger partial charge in [0.15, 0.2) is 5.76 Å². The van der Waals surface area contributed by atoms with Gasteiger partial charge in [0.2, 0.25) is 5.76 Å². The number of carbonyl (C=O) groups excluding carboxylic acids is 2. The topological polar surface area (TPSA) is 98.3 Å². The van der Waals surface area contributed by atoms with Crippen molar-refractivity contribution in [2.24, 2.45) is 0 Å². The van der Waals surface area contributed by atoms with E-state index in [-0.39, 0.29) is 12.2 Å². The average molecular weight is 386 g/mol. The largest absolute Gasteiger partial charge is 0.453 e. The van der Waals surface area contributed by atoms with Crippen molar-refractivity contribution >= 4 is 33.6 Å². The number of para-hydroxylation sites is 2. The Hall–Kier alpha value is -4.13. The molecule has 29 heavy (non-hydrogen) atoms. The number of carbonyl (C=O) groups is 2. The lowest BCUT2D eigenvalue weighted by molar-refractivity contribution is -0.139. The van der Waals surface area contributed by atoms with Crippen LogP contribution in [0.3, 0.4) is 0 Å². The van der Waals surface area contributed by atoms with E-state index in [1.165, 1.54) is 6.20 Å². The molecule has 3 aromatic heterocycles. The Morgan fingerprint density at radius 3 is 2.72 bits per heavy atom. The second-order valence-electron chi connectivity index (χ2n) is 6.48. The number of H-pyrrole nitrogens is 1. The minimum Gasteiger partial charge on any atom is -0.453 e. The Balaban J connectivity index is 1.29. The number of ketones is 1. The average Bonchev–Trinajstić information content (AvgIpc) is 3.48. The van der Waals surface area contributed by atoms with Gasteiger partial charge in [-0.2, -0.15) is 0 Å². The number of nitrogens with one attached hydrogen (secondary N) is 1. The fraction of sp³-hybridized carbons (Fsp3) is 0.0455. The minimum absolute atomic E-state index is 0.184. The van der Waals surface area contributed by atoms with Gasteiger partial charge in [0, 0.05) is 28.6 Å². The first kappa shape index (κ1) is 17.0. The zero-order valence-electron chi connectivity index (χ0n) is 15.0. The van der Waals surface area contributed by atoms with Crippen molar-refractivity contribution in [1.82, 2.24) is 10.1 Å². The Labute approximate surface area is 163 Å². The Morgan fingerprint density at radius 1 is 1.00 bits per heavy atom. The van der Waals surface area contributed by atoms with Gasteiger partial charge in [0.05, 0.1) is 5.56 Å². The quantitative estimate of drug-likeness (QED) is 0.271. The highest BCUT2D eigenvalue weighted by Crippen LogP contribution is 2.28. The van der Waals surface area contributed by atoms with Crippen LogP contribution in [0.1, 0.15) is 16.1 Å². The molecule has 5 aromatic rings. The molecule has 0 spiro atoms. The maximum Gasteiger partial charge on any atom is 0.380 e. The smallest absolute Gasteiger partial charge is 0.380 e. The van der Waals surface area contributed by atoms with Crippen molar-refractivity contribution in [1.29, 1.82) is 0 Å². The third kappa shape index (κ3) is 3.08. The predicted octanol–water partition coefficient (Wildman–Crippen LogP) is 4.50. The summed E-state index contributed by atoms with van der Waals surface area (Å²) in [6.45, 7) is -0.184. The summed E-state index contributed by atoms with van der Waals surface area (Å²) >= 11 is 0. The van der Waals surface area contributed by atoms with Gasteiger partial charge in [0.1, 0.15) is 17.9 Å². The highest BCUT2D eigenvalue weighted by Gasteiger charge is 2.22. The number of nitrogens with zero attached hydrogens (tertiary/aromatic N) is 1. The van der Waals surface area contributed by atoms with E-state index in [1.54, 1.807) is 18.2 Å². The summed E-state index contributed by atoms with van der Waals surface area (Å²) < 4.78 is 16.1. The first-order valence-corrected chi connectivity index (χ1v) is 8.91. The van der Waals surface area contributed by atoms with Crippen LogP contribution in [-0.2, 0) is 16.1 Å². The van der Waals surface area contributed by atoms with Crippen LogP contribution in [0.2, 0.25) is 0 Å². The van der Waals surface area contributed by atoms with Crippen LogP contribution < -0.4 is 0 Å². The van der Waals surface area contributed by atoms with E-state index in [0.29, 0.717) is 22.6 Å². The third-order valence-corrected chi connectivity index (χ3v) is 4.60. The van der Waals surface area contributed by atoms with Gasteiger partial charge in [-0.1, -0.05) is 41.6 Å². The molecule has 5 rings (SSSR count). The number of esters is 1. The second kappa shape index (κ2) is 6.79. The summed E-state index contributed by atoms with van der Waals surface area (Å²) in [4.78, 5) is 27.6. The SMILES string of the molecule is O=C(OCc1cc(-c2cc3ccccc3o2)on1)C(=O)c1c[nH]c2ccccc12. The van der Waals surface area contributed by atoms with E-state index >= 15 is 0 Å². The number of benzene rings is 2. The number of ether oxygens (including phenoxy) is 1.